The van der Waals surface area contributed by atoms with Crippen molar-refractivity contribution in [2.45, 2.75) is 58.1 Å². The lowest BCUT2D eigenvalue weighted by Gasteiger charge is -2.36. The van der Waals surface area contributed by atoms with Gasteiger partial charge in [0.05, 0.1) is 0 Å². The summed E-state index contributed by atoms with van der Waals surface area (Å²) in [6.07, 6.45) is 4.50. The fourth-order valence-electron chi connectivity index (χ4n) is 3.90. The van der Waals surface area contributed by atoms with Gasteiger partial charge < -0.3 is 9.64 Å². The van der Waals surface area contributed by atoms with E-state index >= 15 is 0 Å². The Morgan fingerprint density at radius 3 is 2.67 bits per heavy atom. The van der Waals surface area contributed by atoms with Crippen LogP contribution in [0.15, 0.2) is 4.79 Å². The van der Waals surface area contributed by atoms with Crippen LogP contribution < -0.4 is 5.69 Å². The average Bonchev–Trinajstić information content (AvgIpc) is 3.13. The molecule has 2 aliphatic heterocycles. The van der Waals surface area contributed by atoms with Gasteiger partial charge in [-0.05, 0) is 45.4 Å². The van der Waals surface area contributed by atoms with Gasteiger partial charge in [0.15, 0.2) is 0 Å². The molecule has 1 aromatic heterocycles. The maximum atomic E-state index is 12.7. The first kappa shape index (κ1) is 17.2. The number of hydrogen-bond donors (Lipinski definition) is 0. The summed E-state index contributed by atoms with van der Waals surface area (Å²) in [7, 11) is 1.70. The Morgan fingerprint density at radius 1 is 1.38 bits per heavy atom. The fourth-order valence-corrected chi connectivity index (χ4v) is 3.90. The summed E-state index contributed by atoms with van der Waals surface area (Å²) < 4.78 is 8.84. The molecule has 0 unspecified atom stereocenters. The van der Waals surface area contributed by atoms with Crippen molar-refractivity contribution in [2.24, 2.45) is 13.0 Å². The van der Waals surface area contributed by atoms with Gasteiger partial charge in [0.1, 0.15) is 11.4 Å². The summed E-state index contributed by atoms with van der Waals surface area (Å²) in [6.45, 7) is 6.76. The molecule has 7 heteroatoms. The van der Waals surface area contributed by atoms with Crippen molar-refractivity contribution in [3.8, 4) is 0 Å². The van der Waals surface area contributed by atoms with E-state index in [4.69, 9.17) is 4.74 Å². The number of carbonyl (C=O) groups excluding carboxylic acids is 1. The maximum absolute atomic E-state index is 12.7. The molecule has 1 aromatic rings. The number of nitrogens with zero attached hydrogens (tertiary/aromatic N) is 4. The van der Waals surface area contributed by atoms with Crippen LogP contribution >= 0.6 is 0 Å². The molecule has 3 rings (SSSR count). The van der Waals surface area contributed by atoms with Crippen LogP contribution in [0.5, 0.6) is 0 Å². The van der Waals surface area contributed by atoms with E-state index in [1.165, 1.54) is 4.68 Å². The van der Waals surface area contributed by atoms with Crippen LogP contribution in [-0.2, 0) is 29.5 Å². The van der Waals surface area contributed by atoms with Crippen LogP contribution in [0.25, 0.3) is 0 Å². The molecule has 0 bridgehead atoms. The van der Waals surface area contributed by atoms with E-state index in [9.17, 15) is 9.59 Å². The molecule has 1 atom stereocenters. The quantitative estimate of drug-likeness (QED) is 0.821. The van der Waals surface area contributed by atoms with Crippen molar-refractivity contribution in [3.63, 3.8) is 0 Å². The van der Waals surface area contributed by atoms with Gasteiger partial charge in [-0.2, -0.15) is 5.10 Å². The zero-order valence-electron chi connectivity index (χ0n) is 15.0. The molecule has 0 saturated carbocycles. The molecular weight excluding hydrogens is 308 g/mol. The van der Waals surface area contributed by atoms with Crippen LogP contribution in [0, 0.1) is 5.92 Å². The predicted octanol–water partition coefficient (Wildman–Crippen LogP) is 0.952. The molecule has 0 N–H and O–H groups in total. The Balaban J connectivity index is 1.59. The van der Waals surface area contributed by atoms with E-state index in [1.54, 1.807) is 11.6 Å². The number of amides is 1. The van der Waals surface area contributed by atoms with Crippen molar-refractivity contribution in [1.82, 2.24) is 19.2 Å². The molecular formula is C17H28N4O3. The number of piperidine rings is 1. The van der Waals surface area contributed by atoms with Crippen molar-refractivity contribution in [3.05, 3.63) is 16.3 Å². The van der Waals surface area contributed by atoms with Crippen LogP contribution in [-0.4, -0.2) is 50.5 Å². The molecule has 0 aromatic carbocycles. The molecule has 2 aliphatic rings. The molecule has 0 spiro atoms. The molecule has 2 saturated heterocycles. The normalized spacial score (nSPS) is 25.4. The van der Waals surface area contributed by atoms with E-state index in [-0.39, 0.29) is 11.6 Å². The molecule has 1 amide bonds. The minimum absolute atomic E-state index is 0.0496. The van der Waals surface area contributed by atoms with E-state index in [2.05, 4.69) is 5.10 Å². The van der Waals surface area contributed by atoms with Crippen LogP contribution in [0.2, 0.25) is 0 Å². The number of aromatic nitrogens is 3. The molecule has 134 valence electrons. The number of likely N-dealkylation sites (tertiary alicyclic amines) is 1. The average molecular weight is 336 g/mol. The number of aryl methyl sites for hydroxylation is 1. The lowest BCUT2D eigenvalue weighted by atomic mass is 9.91. The Kier molecular flexibility index (Phi) is 4.80. The molecule has 3 heterocycles. The predicted molar refractivity (Wildman–Crippen MR) is 89.7 cm³/mol. The zero-order valence-corrected chi connectivity index (χ0v) is 15.0. The third-order valence-corrected chi connectivity index (χ3v) is 5.45. The van der Waals surface area contributed by atoms with Crippen LogP contribution in [0.4, 0.5) is 0 Å². The number of ether oxygens (including phenoxy) is 1. The molecule has 0 aliphatic carbocycles. The van der Waals surface area contributed by atoms with Crippen molar-refractivity contribution in [1.29, 1.82) is 0 Å². The molecule has 7 nitrogen and oxygen atoms in total. The topological polar surface area (TPSA) is 69.4 Å². The Morgan fingerprint density at radius 2 is 2.08 bits per heavy atom. The Bertz CT molecular complexity index is 649. The van der Waals surface area contributed by atoms with Crippen molar-refractivity contribution in [2.75, 3.05) is 19.7 Å². The Labute approximate surface area is 142 Å². The summed E-state index contributed by atoms with van der Waals surface area (Å²) in [4.78, 5) is 26.6. The highest BCUT2D eigenvalue weighted by atomic mass is 16.5. The van der Waals surface area contributed by atoms with Gasteiger partial charge in [-0.15, -0.1) is 0 Å². The van der Waals surface area contributed by atoms with E-state index < -0.39 is 5.60 Å². The minimum Gasteiger partial charge on any atom is -0.365 e. The summed E-state index contributed by atoms with van der Waals surface area (Å²) in [5.41, 5.74) is -0.664. The number of carbonyl (C=O) groups is 1. The smallest absolute Gasteiger partial charge is 0.345 e. The van der Waals surface area contributed by atoms with E-state index in [1.807, 2.05) is 18.7 Å². The van der Waals surface area contributed by atoms with E-state index in [0.29, 0.717) is 19.1 Å². The molecule has 0 radical (unpaired) electrons. The highest BCUT2D eigenvalue weighted by Gasteiger charge is 2.41. The minimum atomic E-state index is -0.615. The fraction of sp³-hybridized carbons (Fsp3) is 0.824. The second kappa shape index (κ2) is 6.70. The highest BCUT2D eigenvalue weighted by Crippen LogP contribution is 2.29. The summed E-state index contributed by atoms with van der Waals surface area (Å²) in [6, 6.07) is 0. The highest BCUT2D eigenvalue weighted by molar-refractivity contribution is 5.85. The summed E-state index contributed by atoms with van der Waals surface area (Å²) >= 11 is 0. The Hall–Kier alpha value is -1.63. The lowest BCUT2D eigenvalue weighted by molar-refractivity contribution is -0.152. The largest absolute Gasteiger partial charge is 0.365 e. The molecule has 2 fully saturated rings. The van der Waals surface area contributed by atoms with Gasteiger partial charge in [0.25, 0.3) is 5.91 Å². The van der Waals surface area contributed by atoms with Gasteiger partial charge in [0, 0.05) is 39.7 Å². The standard InChI is InChI=1S/C17H28N4O3/c1-4-21-14(18-19(3)16(21)23)12-13-6-9-20(10-7-13)15(22)17(2)8-5-11-24-17/h13H,4-12H2,1-3H3/t17-/m1/s1. The van der Waals surface area contributed by atoms with Crippen LogP contribution in [0.3, 0.4) is 0 Å². The maximum Gasteiger partial charge on any atom is 0.345 e. The first-order valence-corrected chi connectivity index (χ1v) is 9.00. The SMILES string of the molecule is CCn1c(CC2CCN(C(=O)[C@@]3(C)CCCO3)CC2)nn(C)c1=O. The van der Waals surface area contributed by atoms with Gasteiger partial charge in [0.2, 0.25) is 0 Å². The van der Waals surface area contributed by atoms with Gasteiger partial charge in [-0.25, -0.2) is 9.48 Å². The van der Waals surface area contributed by atoms with Gasteiger partial charge in [-0.3, -0.25) is 9.36 Å². The second-order valence-corrected chi connectivity index (χ2v) is 7.19. The van der Waals surface area contributed by atoms with Crippen molar-refractivity contribution >= 4 is 5.91 Å². The zero-order chi connectivity index (χ0) is 17.3. The van der Waals surface area contributed by atoms with Crippen molar-refractivity contribution < 1.29 is 9.53 Å². The third-order valence-electron chi connectivity index (χ3n) is 5.45. The number of rotatable bonds is 4. The first-order chi connectivity index (χ1) is 11.4. The lowest BCUT2D eigenvalue weighted by Crippen LogP contribution is -2.49. The monoisotopic (exact) mass is 336 g/mol. The van der Waals surface area contributed by atoms with Gasteiger partial charge >= 0.3 is 5.69 Å². The van der Waals surface area contributed by atoms with Crippen LogP contribution in [0.1, 0.15) is 45.4 Å². The van der Waals surface area contributed by atoms with E-state index in [0.717, 1.165) is 51.0 Å². The van der Waals surface area contributed by atoms with Gasteiger partial charge in [-0.1, -0.05) is 0 Å². The third kappa shape index (κ3) is 3.14. The molecule has 24 heavy (non-hydrogen) atoms. The second-order valence-electron chi connectivity index (χ2n) is 7.19. The number of hydrogen-bond acceptors (Lipinski definition) is 4. The summed E-state index contributed by atoms with van der Waals surface area (Å²) in [5, 5.41) is 4.37. The summed E-state index contributed by atoms with van der Waals surface area (Å²) in [5.74, 6) is 1.47. The first-order valence-electron chi connectivity index (χ1n) is 9.00.